The standard InChI is InChI=1S/C15H12FN5O2/c16-10-6-7-12(13(17)8-10)15(22)23-9-14-18-19-20-21(14)11-4-2-1-3-5-11/h1-8H,9,17H2. The lowest BCUT2D eigenvalue weighted by Crippen LogP contribution is -2.11. The fourth-order valence-electron chi connectivity index (χ4n) is 1.99. The molecule has 0 fully saturated rings. The molecule has 1 heterocycles. The molecule has 0 saturated carbocycles. The van der Waals surface area contributed by atoms with Gasteiger partial charge in [-0.05, 0) is 40.8 Å². The number of anilines is 1. The molecule has 3 aromatic rings. The Labute approximate surface area is 130 Å². The van der Waals surface area contributed by atoms with E-state index in [1.54, 1.807) is 0 Å². The van der Waals surface area contributed by atoms with Crippen LogP contribution in [0.4, 0.5) is 10.1 Å². The van der Waals surface area contributed by atoms with Gasteiger partial charge in [0.2, 0.25) is 0 Å². The average molecular weight is 313 g/mol. The molecule has 7 nitrogen and oxygen atoms in total. The van der Waals surface area contributed by atoms with Crippen LogP contribution in [-0.2, 0) is 11.3 Å². The first kappa shape index (κ1) is 14.6. The van der Waals surface area contributed by atoms with Crippen LogP contribution in [0.15, 0.2) is 48.5 Å². The maximum Gasteiger partial charge on any atom is 0.340 e. The van der Waals surface area contributed by atoms with E-state index >= 15 is 0 Å². The Morgan fingerprint density at radius 3 is 2.74 bits per heavy atom. The van der Waals surface area contributed by atoms with Gasteiger partial charge in [-0.1, -0.05) is 18.2 Å². The second-order valence-corrected chi connectivity index (χ2v) is 4.65. The van der Waals surface area contributed by atoms with Crippen LogP contribution in [0, 0.1) is 5.82 Å². The zero-order chi connectivity index (χ0) is 16.2. The summed E-state index contributed by atoms with van der Waals surface area (Å²) in [5.41, 5.74) is 6.45. The molecule has 3 rings (SSSR count). The molecule has 0 amide bonds. The molecule has 0 aliphatic heterocycles. The van der Waals surface area contributed by atoms with Gasteiger partial charge in [0.1, 0.15) is 5.82 Å². The first-order valence-electron chi connectivity index (χ1n) is 6.70. The number of hydrogen-bond acceptors (Lipinski definition) is 6. The summed E-state index contributed by atoms with van der Waals surface area (Å²) in [6, 6.07) is 12.7. The van der Waals surface area contributed by atoms with Crippen molar-refractivity contribution in [1.82, 2.24) is 20.2 Å². The van der Waals surface area contributed by atoms with Crippen molar-refractivity contribution < 1.29 is 13.9 Å². The highest BCUT2D eigenvalue weighted by atomic mass is 19.1. The van der Waals surface area contributed by atoms with Crippen molar-refractivity contribution in [3.63, 3.8) is 0 Å². The quantitative estimate of drug-likeness (QED) is 0.582. The fraction of sp³-hybridized carbons (Fsp3) is 0.0667. The number of rotatable bonds is 4. The van der Waals surface area contributed by atoms with Crippen LogP contribution in [0.2, 0.25) is 0 Å². The van der Waals surface area contributed by atoms with Crippen molar-refractivity contribution in [3.05, 3.63) is 65.7 Å². The molecule has 0 atom stereocenters. The summed E-state index contributed by atoms with van der Waals surface area (Å²) in [5, 5.41) is 11.3. The second-order valence-electron chi connectivity index (χ2n) is 4.65. The Morgan fingerprint density at radius 1 is 1.22 bits per heavy atom. The van der Waals surface area contributed by atoms with Crippen LogP contribution in [-0.4, -0.2) is 26.2 Å². The number of halogens is 1. The van der Waals surface area contributed by atoms with E-state index in [9.17, 15) is 9.18 Å². The smallest absolute Gasteiger partial charge is 0.340 e. The summed E-state index contributed by atoms with van der Waals surface area (Å²) in [6.45, 7) is -0.141. The maximum absolute atomic E-state index is 13.0. The molecule has 0 bridgehead atoms. The molecule has 2 aromatic carbocycles. The number of para-hydroxylation sites is 1. The van der Waals surface area contributed by atoms with Gasteiger partial charge < -0.3 is 10.5 Å². The van der Waals surface area contributed by atoms with Crippen LogP contribution in [0.3, 0.4) is 0 Å². The minimum Gasteiger partial charge on any atom is -0.454 e. The number of carbonyl (C=O) groups excluding carboxylic acids is 1. The molecule has 23 heavy (non-hydrogen) atoms. The summed E-state index contributed by atoms with van der Waals surface area (Å²) in [4.78, 5) is 12.0. The van der Waals surface area contributed by atoms with Gasteiger partial charge in [0.05, 0.1) is 11.3 Å². The van der Waals surface area contributed by atoms with E-state index in [1.165, 1.54) is 10.7 Å². The highest BCUT2D eigenvalue weighted by molar-refractivity contribution is 5.94. The van der Waals surface area contributed by atoms with E-state index in [4.69, 9.17) is 10.5 Å². The number of hydrogen-bond donors (Lipinski definition) is 1. The number of nitrogens with two attached hydrogens (primary N) is 1. The third-order valence-corrected chi connectivity index (χ3v) is 3.10. The van der Waals surface area contributed by atoms with E-state index in [-0.39, 0.29) is 17.9 Å². The van der Waals surface area contributed by atoms with E-state index in [0.717, 1.165) is 17.8 Å². The lowest BCUT2D eigenvalue weighted by atomic mass is 10.2. The Morgan fingerprint density at radius 2 is 2.00 bits per heavy atom. The molecular weight excluding hydrogens is 301 g/mol. The van der Waals surface area contributed by atoms with Gasteiger partial charge >= 0.3 is 5.97 Å². The van der Waals surface area contributed by atoms with Crippen LogP contribution in [0.1, 0.15) is 16.2 Å². The van der Waals surface area contributed by atoms with Crippen molar-refractivity contribution in [3.8, 4) is 5.69 Å². The van der Waals surface area contributed by atoms with Gasteiger partial charge in [0.15, 0.2) is 12.4 Å². The number of nitrogen functional groups attached to an aromatic ring is 1. The van der Waals surface area contributed by atoms with Crippen molar-refractivity contribution in [2.75, 3.05) is 5.73 Å². The highest BCUT2D eigenvalue weighted by Gasteiger charge is 2.15. The molecule has 2 N–H and O–H groups in total. The Kier molecular flexibility index (Phi) is 3.96. The number of carbonyl (C=O) groups is 1. The monoisotopic (exact) mass is 313 g/mol. The Hall–Kier alpha value is -3.29. The van der Waals surface area contributed by atoms with Crippen LogP contribution < -0.4 is 5.73 Å². The predicted octanol–water partition coefficient (Wildman–Crippen LogP) is 1.74. The summed E-state index contributed by atoms with van der Waals surface area (Å²) >= 11 is 0. The fourth-order valence-corrected chi connectivity index (χ4v) is 1.99. The average Bonchev–Trinajstić information content (AvgIpc) is 3.02. The molecule has 0 radical (unpaired) electrons. The summed E-state index contributed by atoms with van der Waals surface area (Å²) in [6.07, 6.45) is 0. The van der Waals surface area contributed by atoms with Crippen molar-refractivity contribution in [2.24, 2.45) is 0 Å². The molecule has 1 aromatic heterocycles. The number of ether oxygens (including phenoxy) is 1. The largest absolute Gasteiger partial charge is 0.454 e. The third-order valence-electron chi connectivity index (χ3n) is 3.10. The molecular formula is C15H12FN5O2. The molecule has 0 saturated heterocycles. The lowest BCUT2D eigenvalue weighted by molar-refractivity contribution is 0.0460. The van der Waals surface area contributed by atoms with Gasteiger partial charge in [-0.25, -0.2) is 9.18 Å². The number of aromatic nitrogens is 4. The van der Waals surface area contributed by atoms with Crippen molar-refractivity contribution in [2.45, 2.75) is 6.61 Å². The molecule has 116 valence electrons. The van der Waals surface area contributed by atoms with Crippen LogP contribution >= 0.6 is 0 Å². The van der Waals surface area contributed by atoms with E-state index in [1.807, 2.05) is 30.3 Å². The Balaban J connectivity index is 1.74. The maximum atomic E-state index is 13.0. The van der Waals surface area contributed by atoms with Gasteiger partial charge in [-0.15, -0.1) is 5.10 Å². The number of benzene rings is 2. The summed E-state index contributed by atoms with van der Waals surface area (Å²) in [7, 11) is 0. The van der Waals surface area contributed by atoms with Crippen LogP contribution in [0.25, 0.3) is 5.69 Å². The van der Waals surface area contributed by atoms with E-state index in [2.05, 4.69) is 15.5 Å². The van der Waals surface area contributed by atoms with Gasteiger partial charge in [0, 0.05) is 5.69 Å². The van der Waals surface area contributed by atoms with Gasteiger partial charge in [0.25, 0.3) is 0 Å². The molecule has 8 heteroatoms. The van der Waals surface area contributed by atoms with E-state index < -0.39 is 11.8 Å². The number of tetrazole rings is 1. The normalized spacial score (nSPS) is 10.5. The minimum atomic E-state index is -0.676. The molecule has 0 aliphatic carbocycles. The topological polar surface area (TPSA) is 95.9 Å². The molecule has 0 spiro atoms. The summed E-state index contributed by atoms with van der Waals surface area (Å²) in [5.74, 6) is -0.845. The van der Waals surface area contributed by atoms with Crippen LogP contribution in [0.5, 0.6) is 0 Å². The first-order chi connectivity index (χ1) is 11.1. The van der Waals surface area contributed by atoms with Crippen molar-refractivity contribution in [1.29, 1.82) is 0 Å². The zero-order valence-electron chi connectivity index (χ0n) is 11.9. The minimum absolute atomic E-state index is 0.0117. The van der Waals surface area contributed by atoms with E-state index in [0.29, 0.717) is 5.82 Å². The SMILES string of the molecule is Nc1cc(F)ccc1C(=O)OCc1nnnn1-c1ccccc1. The zero-order valence-corrected chi connectivity index (χ0v) is 11.9. The predicted molar refractivity (Wildman–Crippen MR) is 79.1 cm³/mol. The number of nitrogens with zero attached hydrogens (tertiary/aromatic N) is 4. The second kappa shape index (κ2) is 6.22. The van der Waals surface area contributed by atoms with Crippen molar-refractivity contribution >= 4 is 11.7 Å². The molecule has 0 unspecified atom stereocenters. The van der Waals surface area contributed by atoms with Gasteiger partial charge in [-0.3, -0.25) is 0 Å². The lowest BCUT2D eigenvalue weighted by Gasteiger charge is -2.07. The molecule has 0 aliphatic rings. The summed E-state index contributed by atoms with van der Waals surface area (Å²) < 4.78 is 19.6. The highest BCUT2D eigenvalue weighted by Crippen LogP contribution is 2.15. The third kappa shape index (κ3) is 3.15. The number of esters is 1. The van der Waals surface area contributed by atoms with Gasteiger partial charge in [-0.2, -0.15) is 4.68 Å². The Bertz CT molecular complexity index is 835. The first-order valence-corrected chi connectivity index (χ1v) is 6.70.